The van der Waals surface area contributed by atoms with Crippen molar-refractivity contribution in [1.82, 2.24) is 0 Å². The van der Waals surface area contributed by atoms with Crippen LogP contribution in [0, 0.1) is 11.8 Å². The van der Waals surface area contributed by atoms with Gasteiger partial charge in [0, 0.05) is 6.08 Å². The predicted molar refractivity (Wildman–Crippen MR) is 79.5 cm³/mol. The zero-order chi connectivity index (χ0) is 16.8. The van der Waals surface area contributed by atoms with Crippen molar-refractivity contribution in [3.05, 3.63) is 11.6 Å². The zero-order valence-corrected chi connectivity index (χ0v) is 13.8. The highest BCUT2D eigenvalue weighted by Gasteiger charge is 2.29. The van der Waals surface area contributed by atoms with E-state index in [1.165, 1.54) is 0 Å². The molecule has 0 spiro atoms. The molecule has 6 heteroatoms. The van der Waals surface area contributed by atoms with E-state index < -0.39 is 17.5 Å². The van der Waals surface area contributed by atoms with E-state index in [2.05, 4.69) is 9.93 Å². The first-order valence-electron chi connectivity index (χ1n) is 7.75. The summed E-state index contributed by atoms with van der Waals surface area (Å²) >= 11 is 0. The smallest absolute Gasteiger partial charge is 0.372 e. The van der Waals surface area contributed by atoms with Crippen molar-refractivity contribution < 1.29 is 29.5 Å². The summed E-state index contributed by atoms with van der Waals surface area (Å²) in [5.41, 5.74) is -0.486. The van der Waals surface area contributed by atoms with E-state index in [-0.39, 0.29) is 17.4 Å². The molecule has 0 saturated heterocycles. The first-order chi connectivity index (χ1) is 10.2. The van der Waals surface area contributed by atoms with Gasteiger partial charge in [0.2, 0.25) is 0 Å². The van der Waals surface area contributed by atoms with Gasteiger partial charge in [-0.3, -0.25) is 4.89 Å². The number of carbonyl (C=O) groups excluding carboxylic acids is 1. The summed E-state index contributed by atoms with van der Waals surface area (Å²) in [6, 6.07) is 0. The van der Waals surface area contributed by atoms with Crippen LogP contribution in [0.15, 0.2) is 11.6 Å². The van der Waals surface area contributed by atoms with Gasteiger partial charge >= 0.3 is 11.9 Å². The number of hydrogen-bond acceptors (Lipinski definition) is 5. The van der Waals surface area contributed by atoms with Gasteiger partial charge in [0.1, 0.15) is 5.60 Å². The molecule has 1 aliphatic carbocycles. The van der Waals surface area contributed by atoms with Gasteiger partial charge in [0.15, 0.2) is 0 Å². The Morgan fingerprint density at radius 2 is 1.77 bits per heavy atom. The van der Waals surface area contributed by atoms with Gasteiger partial charge in [-0.15, -0.1) is 0 Å². The van der Waals surface area contributed by atoms with Gasteiger partial charge in [0.25, 0.3) is 0 Å². The van der Waals surface area contributed by atoms with Gasteiger partial charge in [-0.2, -0.15) is 4.89 Å². The fraction of sp³-hybridized carbons (Fsp3) is 0.750. The molecule has 126 valence electrons. The van der Waals surface area contributed by atoms with E-state index >= 15 is 0 Å². The lowest BCUT2D eigenvalue weighted by Gasteiger charge is -2.26. The molecule has 1 aliphatic rings. The standard InChI is InChI=1S/C16H26O6/c1-11(2)16(3,4)21-22-20-15(19)13(10-14(17)18)12-8-6-5-7-9-12/h10-12H,5-9H2,1-4H3,(H,17,18). The van der Waals surface area contributed by atoms with Gasteiger partial charge in [-0.25, -0.2) is 9.59 Å². The van der Waals surface area contributed by atoms with E-state index in [4.69, 9.17) is 9.99 Å². The minimum Gasteiger partial charge on any atom is -0.478 e. The maximum Gasteiger partial charge on any atom is 0.372 e. The molecule has 1 fully saturated rings. The largest absolute Gasteiger partial charge is 0.478 e. The second-order valence-corrected chi connectivity index (χ2v) is 6.55. The normalized spacial score (nSPS) is 17.6. The van der Waals surface area contributed by atoms with Crippen LogP contribution in [0.2, 0.25) is 0 Å². The molecule has 0 aromatic rings. The van der Waals surface area contributed by atoms with E-state index in [1.807, 2.05) is 13.8 Å². The minimum atomic E-state index is -1.17. The van der Waals surface area contributed by atoms with Gasteiger partial charge in [-0.1, -0.05) is 33.1 Å². The number of aliphatic carboxylic acids is 1. The molecule has 0 aliphatic heterocycles. The molecular weight excluding hydrogens is 288 g/mol. The summed E-state index contributed by atoms with van der Waals surface area (Å²) in [7, 11) is 0. The first-order valence-corrected chi connectivity index (χ1v) is 7.75. The number of hydrogen-bond donors (Lipinski definition) is 1. The van der Waals surface area contributed by atoms with Crippen LogP contribution in [0.1, 0.15) is 59.8 Å². The van der Waals surface area contributed by atoms with Crippen molar-refractivity contribution in [3.8, 4) is 0 Å². The molecule has 1 N–H and O–H groups in total. The minimum absolute atomic E-state index is 0.0981. The first kappa shape index (κ1) is 18.6. The Morgan fingerprint density at radius 1 is 1.18 bits per heavy atom. The van der Waals surface area contributed by atoms with Crippen molar-refractivity contribution in [2.75, 3.05) is 0 Å². The average Bonchev–Trinajstić information content (AvgIpc) is 2.45. The summed E-state index contributed by atoms with van der Waals surface area (Å²) < 4.78 is 0. The third-order valence-corrected chi connectivity index (χ3v) is 4.31. The molecule has 0 amide bonds. The number of carboxylic acid groups (broad SMARTS) is 1. The van der Waals surface area contributed by atoms with Crippen LogP contribution < -0.4 is 0 Å². The van der Waals surface area contributed by atoms with E-state index in [9.17, 15) is 9.59 Å². The third-order valence-electron chi connectivity index (χ3n) is 4.31. The Kier molecular flexibility index (Phi) is 7.03. The molecule has 0 unspecified atom stereocenters. The second-order valence-electron chi connectivity index (χ2n) is 6.55. The average molecular weight is 314 g/mol. The van der Waals surface area contributed by atoms with E-state index in [0.29, 0.717) is 0 Å². The van der Waals surface area contributed by atoms with Crippen LogP contribution in [0.3, 0.4) is 0 Å². The highest BCUT2D eigenvalue weighted by atomic mass is 17.5. The molecule has 1 rings (SSSR count). The van der Waals surface area contributed by atoms with Crippen LogP contribution in [0.25, 0.3) is 0 Å². The zero-order valence-electron chi connectivity index (χ0n) is 13.8. The molecule has 22 heavy (non-hydrogen) atoms. The molecular formula is C16H26O6. The number of rotatable bonds is 7. The van der Waals surface area contributed by atoms with E-state index in [0.717, 1.165) is 38.2 Å². The van der Waals surface area contributed by atoms with Crippen molar-refractivity contribution >= 4 is 11.9 Å². The maximum atomic E-state index is 12.1. The molecule has 0 heterocycles. The molecule has 0 aromatic carbocycles. The third kappa shape index (κ3) is 5.77. The lowest BCUT2D eigenvalue weighted by Crippen LogP contribution is -2.32. The molecule has 1 saturated carbocycles. The molecule has 0 radical (unpaired) electrons. The Hall–Kier alpha value is -1.40. The van der Waals surface area contributed by atoms with Gasteiger partial charge in [-0.05, 0) is 43.6 Å². The second kappa shape index (κ2) is 8.29. The van der Waals surface area contributed by atoms with Crippen molar-refractivity contribution in [2.24, 2.45) is 11.8 Å². The maximum absolute atomic E-state index is 12.1. The molecule has 6 nitrogen and oxygen atoms in total. The monoisotopic (exact) mass is 314 g/mol. The fourth-order valence-electron chi connectivity index (χ4n) is 2.17. The topological polar surface area (TPSA) is 82.1 Å². The summed E-state index contributed by atoms with van der Waals surface area (Å²) in [5.74, 6) is -1.91. The SMILES string of the molecule is CC(C)C(C)(C)OOOC(=O)C(=CC(=O)O)C1CCCCC1. The van der Waals surface area contributed by atoms with Crippen molar-refractivity contribution in [3.63, 3.8) is 0 Å². The Labute approximate surface area is 131 Å². The summed E-state index contributed by atoms with van der Waals surface area (Å²) in [6.45, 7) is 7.51. The van der Waals surface area contributed by atoms with Crippen LogP contribution in [-0.4, -0.2) is 22.6 Å². The summed E-state index contributed by atoms with van der Waals surface area (Å²) in [6.07, 6.45) is 5.54. The Bertz CT molecular complexity index is 418. The molecule has 0 aromatic heterocycles. The predicted octanol–water partition coefficient (Wildman–Crippen LogP) is 3.42. The fourth-order valence-corrected chi connectivity index (χ4v) is 2.17. The number of carboxylic acids is 1. The summed E-state index contributed by atoms with van der Waals surface area (Å²) in [5, 5.41) is 13.5. The highest BCUT2D eigenvalue weighted by molar-refractivity contribution is 5.95. The molecule has 0 bridgehead atoms. The quantitative estimate of drug-likeness (QED) is 0.440. The highest BCUT2D eigenvalue weighted by Crippen LogP contribution is 2.30. The van der Waals surface area contributed by atoms with Crippen LogP contribution >= 0.6 is 0 Å². The Morgan fingerprint density at radius 3 is 2.27 bits per heavy atom. The van der Waals surface area contributed by atoms with Gasteiger partial charge in [0.05, 0.1) is 5.57 Å². The van der Waals surface area contributed by atoms with Crippen molar-refractivity contribution in [1.29, 1.82) is 0 Å². The van der Waals surface area contributed by atoms with Crippen LogP contribution in [-0.2, 0) is 24.4 Å². The lowest BCUT2D eigenvalue weighted by molar-refractivity contribution is -0.520. The van der Waals surface area contributed by atoms with Gasteiger partial charge < -0.3 is 5.11 Å². The van der Waals surface area contributed by atoms with E-state index in [1.54, 1.807) is 13.8 Å². The number of carbonyl (C=O) groups is 2. The van der Waals surface area contributed by atoms with Crippen LogP contribution in [0.5, 0.6) is 0 Å². The van der Waals surface area contributed by atoms with Crippen LogP contribution in [0.4, 0.5) is 0 Å². The molecule has 0 atom stereocenters. The van der Waals surface area contributed by atoms with Crippen molar-refractivity contribution in [2.45, 2.75) is 65.4 Å². The lowest BCUT2D eigenvalue weighted by atomic mass is 9.83. The summed E-state index contributed by atoms with van der Waals surface area (Å²) in [4.78, 5) is 32.7. The Balaban J connectivity index is 2.63.